The van der Waals surface area contributed by atoms with Gasteiger partial charge in [0.15, 0.2) is 6.10 Å². The third-order valence-electron chi connectivity index (χ3n) is 10.6. The fraction of sp³-hybridized carbons (Fsp3) is 0.638. The van der Waals surface area contributed by atoms with E-state index in [9.17, 15) is 14.4 Å². The van der Waals surface area contributed by atoms with Gasteiger partial charge in [-0.2, -0.15) is 0 Å². The van der Waals surface area contributed by atoms with Crippen LogP contribution >= 0.6 is 0 Å². The fourth-order valence-corrected chi connectivity index (χ4v) is 6.75. The van der Waals surface area contributed by atoms with Crippen LogP contribution in [0.25, 0.3) is 0 Å². The predicted molar refractivity (Wildman–Crippen MR) is 274 cm³/mol. The molecule has 6 heteroatoms. The Kier molecular flexibility index (Phi) is 48.5. The van der Waals surface area contributed by atoms with Gasteiger partial charge < -0.3 is 14.2 Å². The minimum absolute atomic E-state index is 0.100. The van der Waals surface area contributed by atoms with Gasteiger partial charge in [0.2, 0.25) is 0 Å². The first-order valence-electron chi connectivity index (χ1n) is 26.0. The van der Waals surface area contributed by atoms with Crippen molar-refractivity contribution in [2.75, 3.05) is 13.2 Å². The number of hydrogen-bond acceptors (Lipinski definition) is 6. The van der Waals surface area contributed by atoms with Gasteiger partial charge in [0.1, 0.15) is 13.2 Å². The molecule has 0 radical (unpaired) electrons. The molecule has 0 aliphatic carbocycles. The Morgan fingerprint density at radius 2 is 0.688 bits per heavy atom. The highest BCUT2D eigenvalue weighted by atomic mass is 16.6. The zero-order valence-electron chi connectivity index (χ0n) is 41.3. The fourth-order valence-electron chi connectivity index (χ4n) is 6.75. The molecule has 362 valence electrons. The highest BCUT2D eigenvalue weighted by Crippen LogP contribution is 2.13. The van der Waals surface area contributed by atoms with Crippen LogP contribution in [0.5, 0.6) is 0 Å². The van der Waals surface area contributed by atoms with Gasteiger partial charge >= 0.3 is 17.9 Å². The van der Waals surface area contributed by atoms with Gasteiger partial charge in [0.25, 0.3) is 0 Å². The zero-order chi connectivity index (χ0) is 46.5. The van der Waals surface area contributed by atoms with Crippen molar-refractivity contribution in [3.63, 3.8) is 0 Å². The van der Waals surface area contributed by atoms with Crippen LogP contribution in [0.15, 0.2) is 109 Å². The largest absolute Gasteiger partial charge is 0.462 e. The van der Waals surface area contributed by atoms with Crippen molar-refractivity contribution in [3.8, 4) is 0 Å². The van der Waals surface area contributed by atoms with Crippen molar-refractivity contribution in [2.45, 2.75) is 226 Å². The molecular formula is C58H94O6. The molecule has 0 rings (SSSR count). The van der Waals surface area contributed by atoms with Crippen LogP contribution in [-0.2, 0) is 28.6 Å². The van der Waals surface area contributed by atoms with Crippen molar-refractivity contribution < 1.29 is 28.6 Å². The average Bonchev–Trinajstić information content (AvgIpc) is 3.29. The molecular weight excluding hydrogens is 793 g/mol. The quantitative estimate of drug-likeness (QED) is 0.0199. The Labute approximate surface area is 393 Å². The topological polar surface area (TPSA) is 78.9 Å². The first kappa shape index (κ1) is 60.1. The summed E-state index contributed by atoms with van der Waals surface area (Å²) in [7, 11) is 0. The van der Waals surface area contributed by atoms with Crippen molar-refractivity contribution in [2.24, 2.45) is 0 Å². The number of unbranched alkanes of at least 4 members (excludes halogenated alkanes) is 20. The minimum atomic E-state index is -0.803. The summed E-state index contributed by atoms with van der Waals surface area (Å²) in [6.07, 6.45) is 69.2. The van der Waals surface area contributed by atoms with Crippen LogP contribution in [0, 0.1) is 0 Å². The number of rotatable bonds is 45. The molecule has 1 unspecified atom stereocenters. The Balaban J connectivity index is 4.49. The molecule has 64 heavy (non-hydrogen) atoms. The summed E-state index contributed by atoms with van der Waals surface area (Å²) in [4.78, 5) is 38.0. The first-order chi connectivity index (χ1) is 31.5. The highest BCUT2D eigenvalue weighted by Gasteiger charge is 2.19. The lowest BCUT2D eigenvalue weighted by Gasteiger charge is -2.18. The predicted octanol–water partition coefficient (Wildman–Crippen LogP) is 17.1. The standard InChI is InChI=1S/C58H94O6/c1-4-7-10-13-16-19-22-25-28-31-33-36-39-42-45-48-51-57(60)63-54-55(64-58(61)52-49-46-43-40-37-34-30-27-24-21-18-15-12-9-6-3)53-62-56(59)50-47-44-41-38-35-32-29-26-23-20-17-14-11-8-5-2/h7,9-10,12,15-21,23-28,30,55H,4-6,8,11,13-14,22,29,31-54H2,1-3H3/b10-7-,12-9-,18-15-,19-16-,20-17-,24-21-,26-23-,28-25-,30-27-. The molecule has 0 aliphatic rings. The SMILES string of the molecule is CC\C=C/C=C\C=C/C=C\CCCCCCCC(=O)OC(COC(=O)CCCCCCCC/C=C\C=C/CCCCC)COC(=O)CCCCCCCC/C=C\C/C=C\C/C=C\CC. The Morgan fingerprint density at radius 3 is 1.16 bits per heavy atom. The number of carbonyl (C=O) groups is 3. The minimum Gasteiger partial charge on any atom is -0.462 e. The number of ether oxygens (including phenoxy) is 3. The molecule has 0 aliphatic heterocycles. The van der Waals surface area contributed by atoms with Crippen LogP contribution in [0.1, 0.15) is 220 Å². The molecule has 0 amide bonds. The van der Waals surface area contributed by atoms with E-state index in [0.717, 1.165) is 122 Å². The molecule has 0 fully saturated rings. The smallest absolute Gasteiger partial charge is 0.306 e. The molecule has 6 nitrogen and oxygen atoms in total. The van der Waals surface area contributed by atoms with E-state index in [1.807, 2.05) is 24.3 Å². The summed E-state index contributed by atoms with van der Waals surface area (Å²) in [5, 5.41) is 0. The summed E-state index contributed by atoms with van der Waals surface area (Å²) in [6.45, 7) is 6.31. The second-order valence-corrected chi connectivity index (χ2v) is 16.8. The molecule has 0 aromatic rings. The monoisotopic (exact) mass is 887 g/mol. The first-order valence-corrected chi connectivity index (χ1v) is 26.0. The molecule has 0 aromatic carbocycles. The van der Waals surface area contributed by atoms with Gasteiger partial charge in [-0.15, -0.1) is 0 Å². The Bertz CT molecular complexity index is 1340. The maximum absolute atomic E-state index is 12.8. The Morgan fingerprint density at radius 1 is 0.344 bits per heavy atom. The van der Waals surface area contributed by atoms with Gasteiger partial charge in [0, 0.05) is 19.3 Å². The number of esters is 3. The molecule has 0 saturated heterocycles. The van der Waals surface area contributed by atoms with Crippen LogP contribution in [0.4, 0.5) is 0 Å². The van der Waals surface area contributed by atoms with Gasteiger partial charge in [-0.3, -0.25) is 14.4 Å². The van der Waals surface area contributed by atoms with E-state index < -0.39 is 6.10 Å². The molecule has 0 aromatic heterocycles. The van der Waals surface area contributed by atoms with E-state index in [1.54, 1.807) is 0 Å². The van der Waals surface area contributed by atoms with Crippen LogP contribution in [-0.4, -0.2) is 37.2 Å². The highest BCUT2D eigenvalue weighted by molar-refractivity contribution is 5.71. The van der Waals surface area contributed by atoms with E-state index in [4.69, 9.17) is 14.2 Å². The van der Waals surface area contributed by atoms with E-state index in [0.29, 0.717) is 19.3 Å². The third-order valence-corrected chi connectivity index (χ3v) is 10.6. The van der Waals surface area contributed by atoms with E-state index in [-0.39, 0.29) is 31.1 Å². The second kappa shape index (κ2) is 51.7. The molecule has 0 heterocycles. The van der Waals surface area contributed by atoms with Crippen molar-refractivity contribution in [1.29, 1.82) is 0 Å². The van der Waals surface area contributed by atoms with Crippen molar-refractivity contribution in [3.05, 3.63) is 109 Å². The van der Waals surface area contributed by atoms with Gasteiger partial charge in [-0.1, -0.05) is 214 Å². The van der Waals surface area contributed by atoms with Crippen molar-refractivity contribution >= 4 is 17.9 Å². The van der Waals surface area contributed by atoms with E-state index >= 15 is 0 Å². The van der Waals surface area contributed by atoms with Crippen LogP contribution < -0.4 is 0 Å². The maximum atomic E-state index is 12.8. The average molecular weight is 887 g/mol. The Hall–Kier alpha value is -3.93. The molecule has 0 spiro atoms. The molecule has 0 N–H and O–H groups in total. The summed E-state index contributed by atoms with van der Waals surface area (Å²) in [6, 6.07) is 0. The van der Waals surface area contributed by atoms with Gasteiger partial charge in [-0.25, -0.2) is 0 Å². The second-order valence-electron chi connectivity index (χ2n) is 16.8. The van der Waals surface area contributed by atoms with E-state index in [1.165, 1.54) is 57.8 Å². The third kappa shape index (κ3) is 49.1. The van der Waals surface area contributed by atoms with Gasteiger partial charge in [0.05, 0.1) is 0 Å². The number of hydrogen-bond donors (Lipinski definition) is 0. The summed E-state index contributed by atoms with van der Waals surface area (Å²) < 4.78 is 16.8. The summed E-state index contributed by atoms with van der Waals surface area (Å²) in [5.74, 6) is -0.952. The van der Waals surface area contributed by atoms with E-state index in [2.05, 4.69) is 106 Å². The van der Waals surface area contributed by atoms with Gasteiger partial charge in [-0.05, 0) is 96.3 Å². The number of carbonyl (C=O) groups excluding carboxylic acids is 3. The summed E-state index contributed by atoms with van der Waals surface area (Å²) >= 11 is 0. The zero-order valence-corrected chi connectivity index (χ0v) is 41.3. The summed E-state index contributed by atoms with van der Waals surface area (Å²) in [5.41, 5.74) is 0. The number of allylic oxidation sites excluding steroid dienone is 18. The lowest BCUT2D eigenvalue weighted by Crippen LogP contribution is -2.30. The van der Waals surface area contributed by atoms with Crippen LogP contribution in [0.2, 0.25) is 0 Å². The molecule has 0 bridgehead atoms. The molecule has 0 saturated carbocycles. The lowest BCUT2D eigenvalue weighted by molar-refractivity contribution is -0.167. The van der Waals surface area contributed by atoms with Crippen LogP contribution in [0.3, 0.4) is 0 Å². The van der Waals surface area contributed by atoms with Crippen molar-refractivity contribution in [1.82, 2.24) is 0 Å². The normalized spacial score (nSPS) is 13.0. The lowest BCUT2D eigenvalue weighted by atomic mass is 10.1. The molecule has 1 atom stereocenters. The maximum Gasteiger partial charge on any atom is 0.306 e.